The number of nitrogens with zero attached hydrogens (tertiary/aromatic N) is 2. The molecule has 0 aliphatic rings. The molecule has 0 radical (unpaired) electrons. The van der Waals surface area contributed by atoms with E-state index in [2.05, 4.69) is 65.8 Å². The summed E-state index contributed by atoms with van der Waals surface area (Å²) in [5, 5.41) is 0. The smallest absolute Gasteiger partial charge is 0.0702 e. The van der Waals surface area contributed by atoms with E-state index in [1.165, 1.54) is 8.66 Å². The Morgan fingerprint density at radius 3 is 2.37 bits per heavy atom. The molecule has 0 amide bonds. The summed E-state index contributed by atoms with van der Waals surface area (Å²) in [6, 6.07) is 4.77. The normalized spacial score (nSPS) is 15.2. The second kappa shape index (κ2) is 8.37. The first-order chi connectivity index (χ1) is 8.95. The fourth-order valence-corrected chi connectivity index (χ4v) is 3.94. The first-order valence-corrected chi connectivity index (χ1v) is 8.46. The zero-order chi connectivity index (χ0) is 14.4. The lowest BCUT2D eigenvalue weighted by atomic mass is 10.1. The molecule has 5 heteroatoms. The van der Waals surface area contributed by atoms with Crippen LogP contribution in [-0.2, 0) is 0 Å². The molecule has 0 saturated heterocycles. The molecule has 0 saturated carbocycles. The summed E-state index contributed by atoms with van der Waals surface area (Å²) < 4.78 is 1.18. The predicted octanol–water partition coefficient (Wildman–Crippen LogP) is 3.17. The number of halogens is 1. The molecule has 2 atom stereocenters. The highest BCUT2D eigenvalue weighted by atomic mass is 79.9. The molecule has 1 heterocycles. The molecule has 110 valence electrons. The summed E-state index contributed by atoms with van der Waals surface area (Å²) in [7, 11) is 4.24. The van der Waals surface area contributed by atoms with Gasteiger partial charge >= 0.3 is 0 Å². The zero-order valence-electron chi connectivity index (χ0n) is 12.4. The van der Waals surface area contributed by atoms with Gasteiger partial charge in [0.05, 0.1) is 9.83 Å². The van der Waals surface area contributed by atoms with Crippen LogP contribution in [0.4, 0.5) is 0 Å². The number of thiophene rings is 1. The average molecular weight is 348 g/mol. The molecule has 0 aliphatic heterocycles. The Bertz CT molecular complexity index is 365. The largest absolute Gasteiger partial charge is 0.326 e. The second-order valence-electron chi connectivity index (χ2n) is 5.29. The predicted molar refractivity (Wildman–Crippen MR) is 88.8 cm³/mol. The first-order valence-electron chi connectivity index (χ1n) is 6.85. The van der Waals surface area contributed by atoms with Gasteiger partial charge in [0.15, 0.2) is 0 Å². The van der Waals surface area contributed by atoms with Gasteiger partial charge in [0.25, 0.3) is 0 Å². The fourth-order valence-electron chi connectivity index (χ4n) is 2.26. The molecule has 0 spiro atoms. The maximum absolute atomic E-state index is 6.25. The molecular formula is C14H26BrN3S. The van der Waals surface area contributed by atoms with Crippen LogP contribution in [0, 0.1) is 0 Å². The van der Waals surface area contributed by atoms with E-state index in [4.69, 9.17) is 5.73 Å². The SMILES string of the molecule is CCCN(CCN(C)C)C(c1ccc(Br)s1)C(C)N. The van der Waals surface area contributed by atoms with Gasteiger partial charge in [-0.15, -0.1) is 11.3 Å². The number of nitrogens with two attached hydrogens (primary N) is 1. The Labute approximate surface area is 129 Å². The Morgan fingerprint density at radius 2 is 1.95 bits per heavy atom. The first kappa shape index (κ1) is 17.1. The Balaban J connectivity index is 2.85. The van der Waals surface area contributed by atoms with Crippen LogP contribution in [0.3, 0.4) is 0 Å². The third kappa shape index (κ3) is 5.52. The second-order valence-corrected chi connectivity index (χ2v) is 7.78. The van der Waals surface area contributed by atoms with E-state index in [9.17, 15) is 0 Å². The van der Waals surface area contributed by atoms with Crippen molar-refractivity contribution in [2.45, 2.75) is 32.4 Å². The quantitative estimate of drug-likeness (QED) is 0.783. The number of rotatable bonds is 8. The van der Waals surface area contributed by atoms with Gasteiger partial charge in [0.1, 0.15) is 0 Å². The van der Waals surface area contributed by atoms with Crippen molar-refractivity contribution in [3.8, 4) is 0 Å². The van der Waals surface area contributed by atoms with Gasteiger partial charge in [-0.2, -0.15) is 0 Å². The molecule has 0 bridgehead atoms. The summed E-state index contributed by atoms with van der Waals surface area (Å²) >= 11 is 5.34. The molecule has 1 aromatic heterocycles. The summed E-state index contributed by atoms with van der Waals surface area (Å²) in [5.74, 6) is 0. The van der Waals surface area contributed by atoms with Crippen LogP contribution in [0.1, 0.15) is 31.2 Å². The molecule has 3 nitrogen and oxygen atoms in total. The summed E-state index contributed by atoms with van der Waals surface area (Å²) in [6.07, 6.45) is 1.16. The zero-order valence-corrected chi connectivity index (χ0v) is 14.8. The van der Waals surface area contributed by atoms with Crippen LogP contribution in [0.2, 0.25) is 0 Å². The molecule has 0 fully saturated rings. The molecule has 2 N–H and O–H groups in total. The standard InChI is InChI=1S/C14H26BrN3S/c1-5-8-18(10-9-17(3)4)14(11(2)16)12-6-7-13(15)19-12/h6-7,11,14H,5,8-10,16H2,1-4H3. The lowest BCUT2D eigenvalue weighted by Crippen LogP contribution is -2.42. The summed E-state index contributed by atoms with van der Waals surface area (Å²) in [4.78, 5) is 6.10. The molecule has 2 unspecified atom stereocenters. The number of hydrogen-bond acceptors (Lipinski definition) is 4. The lowest BCUT2D eigenvalue weighted by Gasteiger charge is -2.34. The van der Waals surface area contributed by atoms with E-state index < -0.39 is 0 Å². The molecule has 1 rings (SSSR count). The van der Waals surface area contributed by atoms with Crippen molar-refractivity contribution in [1.29, 1.82) is 0 Å². The van der Waals surface area contributed by atoms with Gasteiger partial charge < -0.3 is 10.6 Å². The van der Waals surface area contributed by atoms with Crippen LogP contribution in [-0.4, -0.2) is 49.6 Å². The van der Waals surface area contributed by atoms with E-state index in [1.54, 1.807) is 11.3 Å². The fraction of sp³-hybridized carbons (Fsp3) is 0.714. The Kier molecular flexibility index (Phi) is 7.54. The van der Waals surface area contributed by atoms with Crippen molar-refractivity contribution in [3.05, 3.63) is 20.8 Å². The van der Waals surface area contributed by atoms with E-state index in [1.807, 2.05) is 0 Å². The van der Waals surface area contributed by atoms with Crippen molar-refractivity contribution in [2.75, 3.05) is 33.7 Å². The van der Waals surface area contributed by atoms with Gasteiger partial charge in [0, 0.05) is 24.0 Å². The summed E-state index contributed by atoms with van der Waals surface area (Å²) in [6.45, 7) is 7.55. The highest BCUT2D eigenvalue weighted by Crippen LogP contribution is 2.32. The maximum atomic E-state index is 6.25. The van der Waals surface area contributed by atoms with Crippen molar-refractivity contribution < 1.29 is 0 Å². The van der Waals surface area contributed by atoms with Crippen LogP contribution in [0.15, 0.2) is 15.9 Å². The number of hydrogen-bond donors (Lipinski definition) is 1. The monoisotopic (exact) mass is 347 g/mol. The molecule has 0 aliphatic carbocycles. The minimum atomic E-state index is 0.138. The lowest BCUT2D eigenvalue weighted by molar-refractivity contribution is 0.163. The van der Waals surface area contributed by atoms with Gasteiger partial charge in [-0.25, -0.2) is 0 Å². The van der Waals surface area contributed by atoms with E-state index in [0.29, 0.717) is 6.04 Å². The maximum Gasteiger partial charge on any atom is 0.0702 e. The van der Waals surface area contributed by atoms with Gasteiger partial charge in [-0.3, -0.25) is 4.90 Å². The Hall–Kier alpha value is 0.0600. The van der Waals surface area contributed by atoms with Gasteiger partial charge in [-0.05, 0) is 62.0 Å². The molecule has 1 aromatic rings. The summed E-state index contributed by atoms with van der Waals surface area (Å²) in [5.41, 5.74) is 6.25. The van der Waals surface area contributed by atoms with E-state index in [0.717, 1.165) is 26.1 Å². The van der Waals surface area contributed by atoms with Crippen LogP contribution >= 0.6 is 27.3 Å². The Morgan fingerprint density at radius 1 is 1.26 bits per heavy atom. The topological polar surface area (TPSA) is 32.5 Å². The minimum Gasteiger partial charge on any atom is -0.326 e. The van der Waals surface area contributed by atoms with Crippen LogP contribution < -0.4 is 5.73 Å². The van der Waals surface area contributed by atoms with E-state index in [-0.39, 0.29) is 6.04 Å². The molecule has 19 heavy (non-hydrogen) atoms. The van der Waals surface area contributed by atoms with Crippen LogP contribution in [0.5, 0.6) is 0 Å². The number of likely N-dealkylation sites (N-methyl/N-ethyl adjacent to an activating group) is 1. The highest BCUT2D eigenvalue weighted by Gasteiger charge is 2.24. The van der Waals surface area contributed by atoms with Gasteiger partial charge in [0.2, 0.25) is 0 Å². The van der Waals surface area contributed by atoms with Crippen LogP contribution in [0.25, 0.3) is 0 Å². The van der Waals surface area contributed by atoms with Crippen molar-refractivity contribution in [1.82, 2.24) is 9.80 Å². The van der Waals surface area contributed by atoms with Crippen molar-refractivity contribution in [2.24, 2.45) is 5.73 Å². The van der Waals surface area contributed by atoms with Crippen molar-refractivity contribution in [3.63, 3.8) is 0 Å². The molecular weight excluding hydrogens is 322 g/mol. The third-order valence-electron chi connectivity index (χ3n) is 3.12. The molecule has 0 aromatic carbocycles. The van der Waals surface area contributed by atoms with Crippen molar-refractivity contribution >= 4 is 27.3 Å². The minimum absolute atomic E-state index is 0.138. The third-order valence-corrected chi connectivity index (χ3v) is 4.82. The van der Waals surface area contributed by atoms with E-state index >= 15 is 0 Å². The van der Waals surface area contributed by atoms with Gasteiger partial charge in [-0.1, -0.05) is 6.92 Å². The average Bonchev–Trinajstić information content (AvgIpc) is 2.72. The highest BCUT2D eigenvalue weighted by molar-refractivity contribution is 9.11.